The predicted octanol–water partition coefficient (Wildman–Crippen LogP) is 3.11. The molecule has 2 aliphatic rings. The number of nitrogens with zero attached hydrogens (tertiary/aromatic N) is 3. The number of hydrogen-bond acceptors (Lipinski definition) is 5. The van der Waals surface area contributed by atoms with Crippen molar-refractivity contribution in [3.63, 3.8) is 0 Å². The second-order valence-electron chi connectivity index (χ2n) is 6.76. The molecule has 0 saturated carbocycles. The third kappa shape index (κ3) is 4.14. The number of benzene rings is 2. The Kier molecular flexibility index (Phi) is 5.53. The molecule has 2 aromatic carbocycles. The zero-order chi connectivity index (χ0) is 19.3. The van der Waals surface area contributed by atoms with Crippen LogP contribution in [0.1, 0.15) is 5.56 Å². The van der Waals surface area contributed by atoms with Crippen molar-refractivity contribution < 1.29 is 18.7 Å². The molecule has 6 nitrogen and oxygen atoms in total. The molecule has 28 heavy (non-hydrogen) atoms. The number of hydrogen-bond donors (Lipinski definition) is 0. The Morgan fingerprint density at radius 3 is 2.68 bits per heavy atom. The first-order valence-corrected chi connectivity index (χ1v) is 9.36. The van der Waals surface area contributed by atoms with Crippen LogP contribution in [0.15, 0.2) is 53.5 Å². The fourth-order valence-electron chi connectivity index (χ4n) is 3.37. The molecule has 2 aromatic rings. The second kappa shape index (κ2) is 8.39. The van der Waals surface area contributed by atoms with Crippen molar-refractivity contribution in [2.75, 3.05) is 49.2 Å². The van der Waals surface area contributed by atoms with Gasteiger partial charge in [-0.05, 0) is 23.8 Å². The first-order chi connectivity index (χ1) is 13.7. The van der Waals surface area contributed by atoms with Crippen molar-refractivity contribution in [1.82, 2.24) is 0 Å². The number of halogens is 1. The lowest BCUT2D eigenvalue weighted by Crippen LogP contribution is -2.36. The van der Waals surface area contributed by atoms with E-state index in [0.29, 0.717) is 50.8 Å². The maximum absolute atomic E-state index is 14.6. The third-order valence-corrected chi connectivity index (χ3v) is 4.82. The van der Waals surface area contributed by atoms with Gasteiger partial charge < -0.3 is 14.4 Å². The number of anilines is 2. The smallest absolute Gasteiger partial charge is 0.414 e. The topological polar surface area (TPSA) is 54.4 Å². The molecule has 0 N–H and O–H groups in total. The highest BCUT2D eigenvalue weighted by Gasteiger charge is 2.32. The molecule has 2 aliphatic heterocycles. The van der Waals surface area contributed by atoms with Gasteiger partial charge in [0, 0.05) is 19.3 Å². The number of carbonyl (C=O) groups excluding carboxylic acids is 1. The summed E-state index contributed by atoms with van der Waals surface area (Å²) in [6, 6.07) is 14.6. The Balaban J connectivity index is 1.39. The molecule has 0 unspecified atom stereocenters. The summed E-state index contributed by atoms with van der Waals surface area (Å²) in [5.74, 6) is -0.349. The third-order valence-electron chi connectivity index (χ3n) is 4.82. The van der Waals surface area contributed by atoms with E-state index < -0.39 is 6.09 Å². The Morgan fingerprint density at radius 1 is 1.14 bits per heavy atom. The Hall–Kier alpha value is -2.93. The van der Waals surface area contributed by atoms with E-state index in [1.807, 2.05) is 35.2 Å². The van der Waals surface area contributed by atoms with E-state index in [2.05, 4.69) is 4.99 Å². The zero-order valence-corrected chi connectivity index (χ0v) is 15.5. The van der Waals surface area contributed by atoms with E-state index in [1.54, 1.807) is 18.3 Å². The van der Waals surface area contributed by atoms with Crippen LogP contribution in [-0.4, -0.2) is 57.8 Å². The number of cyclic esters (lactones) is 1. The van der Waals surface area contributed by atoms with Crippen molar-refractivity contribution >= 4 is 23.7 Å². The maximum atomic E-state index is 14.6. The molecule has 1 atom stereocenters. The van der Waals surface area contributed by atoms with Crippen molar-refractivity contribution in [3.05, 3.63) is 59.9 Å². The standard InChI is InChI=1S/C21H22FN3O3/c22-19-12-17(6-7-20(19)24-8-10-27-11-9-24)25-15-18(28-21(25)26)14-23-13-16-4-2-1-3-5-16/h1-7,12-13,18H,8-11,14-15H2/b23-13+/t18-/m0/s1. The van der Waals surface area contributed by atoms with Crippen LogP contribution in [0.5, 0.6) is 0 Å². The molecular weight excluding hydrogens is 361 g/mol. The van der Waals surface area contributed by atoms with E-state index in [0.717, 1.165) is 5.56 Å². The molecule has 7 heteroatoms. The molecule has 146 valence electrons. The van der Waals surface area contributed by atoms with Crippen LogP contribution in [0.2, 0.25) is 0 Å². The van der Waals surface area contributed by atoms with E-state index >= 15 is 0 Å². The fourth-order valence-corrected chi connectivity index (χ4v) is 3.37. The first kappa shape index (κ1) is 18.4. The molecule has 4 rings (SSSR count). The summed E-state index contributed by atoms with van der Waals surface area (Å²) in [6.45, 7) is 3.20. The van der Waals surface area contributed by atoms with E-state index in [9.17, 15) is 9.18 Å². The number of aliphatic imine (C=N–C) groups is 1. The minimum Gasteiger partial charge on any atom is -0.442 e. The van der Waals surface area contributed by atoms with E-state index in [4.69, 9.17) is 9.47 Å². The van der Waals surface area contributed by atoms with Crippen LogP contribution < -0.4 is 9.80 Å². The first-order valence-electron chi connectivity index (χ1n) is 9.36. The predicted molar refractivity (Wildman–Crippen MR) is 106 cm³/mol. The Bertz CT molecular complexity index is 853. The zero-order valence-electron chi connectivity index (χ0n) is 15.5. The quantitative estimate of drug-likeness (QED) is 0.745. The summed E-state index contributed by atoms with van der Waals surface area (Å²) in [4.78, 5) is 20.0. The minimum atomic E-state index is -0.474. The van der Waals surface area contributed by atoms with Gasteiger partial charge in [-0.1, -0.05) is 30.3 Å². The van der Waals surface area contributed by atoms with Gasteiger partial charge in [0.1, 0.15) is 11.9 Å². The highest BCUT2D eigenvalue weighted by Crippen LogP contribution is 2.28. The highest BCUT2D eigenvalue weighted by molar-refractivity contribution is 5.90. The summed E-state index contributed by atoms with van der Waals surface area (Å²) >= 11 is 0. The molecule has 0 spiro atoms. The molecule has 2 heterocycles. The number of rotatable bonds is 5. The van der Waals surface area contributed by atoms with Crippen LogP contribution in [-0.2, 0) is 9.47 Å². The fraction of sp³-hybridized carbons (Fsp3) is 0.333. The summed E-state index contributed by atoms with van der Waals surface area (Å²) in [7, 11) is 0. The Morgan fingerprint density at radius 2 is 1.93 bits per heavy atom. The van der Waals surface area contributed by atoms with Gasteiger partial charge in [-0.3, -0.25) is 9.89 Å². The van der Waals surface area contributed by atoms with E-state index in [1.165, 1.54) is 11.0 Å². The van der Waals surface area contributed by atoms with Crippen molar-refractivity contribution in [1.29, 1.82) is 0 Å². The lowest BCUT2D eigenvalue weighted by atomic mass is 10.2. The summed E-state index contributed by atoms with van der Waals surface area (Å²) in [5, 5.41) is 0. The van der Waals surface area contributed by atoms with Crippen LogP contribution >= 0.6 is 0 Å². The average molecular weight is 383 g/mol. The van der Waals surface area contributed by atoms with Crippen molar-refractivity contribution in [2.24, 2.45) is 4.99 Å². The largest absolute Gasteiger partial charge is 0.442 e. The lowest BCUT2D eigenvalue weighted by Gasteiger charge is -2.29. The average Bonchev–Trinajstić information content (AvgIpc) is 3.10. The molecule has 0 radical (unpaired) electrons. The normalized spacial score (nSPS) is 20.0. The van der Waals surface area contributed by atoms with Crippen LogP contribution in [0.25, 0.3) is 0 Å². The molecule has 2 fully saturated rings. The van der Waals surface area contributed by atoms with Crippen molar-refractivity contribution in [2.45, 2.75) is 6.10 Å². The highest BCUT2D eigenvalue weighted by atomic mass is 19.1. The van der Waals surface area contributed by atoms with Crippen molar-refractivity contribution in [3.8, 4) is 0 Å². The number of carbonyl (C=O) groups is 1. The van der Waals surface area contributed by atoms with Crippen LogP contribution in [0.3, 0.4) is 0 Å². The van der Waals surface area contributed by atoms with Gasteiger partial charge in [0.15, 0.2) is 0 Å². The molecular formula is C21H22FN3O3. The summed E-state index contributed by atoms with van der Waals surface area (Å²) < 4.78 is 25.3. The SMILES string of the molecule is O=C1O[C@@H](C/N=C/c2ccccc2)CN1c1ccc(N2CCOCC2)c(F)c1. The molecule has 0 aromatic heterocycles. The van der Waals surface area contributed by atoms with Gasteiger partial charge in [-0.15, -0.1) is 0 Å². The van der Waals surface area contributed by atoms with Crippen LogP contribution in [0, 0.1) is 5.82 Å². The number of morpholine rings is 1. The van der Waals surface area contributed by atoms with Gasteiger partial charge in [0.05, 0.1) is 37.7 Å². The molecule has 2 saturated heterocycles. The Labute approximate surface area is 163 Å². The van der Waals surface area contributed by atoms with Gasteiger partial charge in [0.2, 0.25) is 0 Å². The van der Waals surface area contributed by atoms with Gasteiger partial charge in [-0.25, -0.2) is 9.18 Å². The van der Waals surface area contributed by atoms with Gasteiger partial charge in [0.25, 0.3) is 0 Å². The van der Waals surface area contributed by atoms with E-state index in [-0.39, 0.29) is 11.9 Å². The number of ether oxygens (including phenoxy) is 2. The summed E-state index contributed by atoms with van der Waals surface area (Å²) in [5.41, 5.74) is 2.02. The lowest BCUT2D eigenvalue weighted by molar-refractivity contribution is 0.122. The minimum absolute atomic E-state index is 0.349. The monoisotopic (exact) mass is 383 g/mol. The van der Waals surface area contributed by atoms with Gasteiger partial charge >= 0.3 is 6.09 Å². The molecule has 1 amide bonds. The molecule has 0 bridgehead atoms. The maximum Gasteiger partial charge on any atom is 0.414 e. The van der Waals surface area contributed by atoms with Gasteiger partial charge in [-0.2, -0.15) is 0 Å². The second-order valence-corrected chi connectivity index (χ2v) is 6.76. The summed E-state index contributed by atoms with van der Waals surface area (Å²) in [6.07, 6.45) is 0.931. The van der Waals surface area contributed by atoms with Crippen LogP contribution in [0.4, 0.5) is 20.6 Å². The molecule has 0 aliphatic carbocycles. The number of amides is 1.